The average Bonchev–Trinajstić information content (AvgIpc) is 2.44. The van der Waals surface area contributed by atoms with Gasteiger partial charge >= 0.3 is 0 Å². The van der Waals surface area contributed by atoms with Crippen LogP contribution in [0.5, 0.6) is 0 Å². The standard InChI is InChI=1S/C14H15N3OS/c1-3-19-14(17-2)11-6-4-5-10(7-11)8-12(16)13(18)9-15/h3-7,12H,1,8,16H2,2H3. The van der Waals surface area contributed by atoms with Crippen molar-refractivity contribution in [2.45, 2.75) is 12.5 Å². The summed E-state index contributed by atoms with van der Waals surface area (Å²) in [5.41, 5.74) is 7.50. The fourth-order valence-corrected chi connectivity index (χ4v) is 2.12. The molecule has 1 rings (SSSR count). The van der Waals surface area contributed by atoms with Gasteiger partial charge in [-0.3, -0.25) is 9.79 Å². The Balaban J connectivity index is 2.92. The smallest absolute Gasteiger partial charge is 0.248 e. The van der Waals surface area contributed by atoms with Crippen molar-refractivity contribution >= 4 is 22.6 Å². The minimum Gasteiger partial charge on any atom is -0.320 e. The number of nitrogens with zero attached hydrogens (tertiary/aromatic N) is 2. The number of ketones is 1. The van der Waals surface area contributed by atoms with E-state index in [9.17, 15) is 4.79 Å². The third-order valence-electron chi connectivity index (χ3n) is 2.47. The van der Waals surface area contributed by atoms with Gasteiger partial charge in [-0.05, 0) is 23.5 Å². The van der Waals surface area contributed by atoms with E-state index in [2.05, 4.69) is 11.6 Å². The Morgan fingerprint density at radius 2 is 2.42 bits per heavy atom. The molecule has 1 unspecified atom stereocenters. The molecule has 0 aliphatic rings. The van der Waals surface area contributed by atoms with Crippen LogP contribution < -0.4 is 5.73 Å². The maximum Gasteiger partial charge on any atom is 0.248 e. The number of hydrogen-bond acceptors (Lipinski definition) is 5. The van der Waals surface area contributed by atoms with Gasteiger partial charge in [0.2, 0.25) is 5.78 Å². The largest absolute Gasteiger partial charge is 0.320 e. The second-order valence-corrected chi connectivity index (χ2v) is 4.76. The minimum atomic E-state index is -0.783. The van der Waals surface area contributed by atoms with Gasteiger partial charge < -0.3 is 5.73 Å². The summed E-state index contributed by atoms with van der Waals surface area (Å²) in [4.78, 5) is 15.3. The monoisotopic (exact) mass is 273 g/mol. The molecule has 0 bridgehead atoms. The first-order chi connectivity index (χ1) is 9.12. The molecular formula is C14H15N3OS. The summed E-state index contributed by atoms with van der Waals surface area (Å²) in [6, 6.07) is 8.37. The van der Waals surface area contributed by atoms with Gasteiger partial charge in [0.05, 0.1) is 6.04 Å². The molecule has 1 aromatic rings. The van der Waals surface area contributed by atoms with Crippen LogP contribution in [-0.4, -0.2) is 23.9 Å². The highest BCUT2D eigenvalue weighted by molar-refractivity contribution is 8.16. The molecule has 5 heteroatoms. The van der Waals surface area contributed by atoms with E-state index in [1.54, 1.807) is 18.5 Å². The molecule has 19 heavy (non-hydrogen) atoms. The summed E-state index contributed by atoms with van der Waals surface area (Å²) in [6.45, 7) is 3.66. The van der Waals surface area contributed by atoms with Crippen molar-refractivity contribution in [1.82, 2.24) is 0 Å². The Labute approximate surface area is 117 Å². The number of rotatable bonds is 5. The van der Waals surface area contributed by atoms with E-state index in [1.165, 1.54) is 11.8 Å². The van der Waals surface area contributed by atoms with Crippen LogP contribution in [0.3, 0.4) is 0 Å². The molecular weight excluding hydrogens is 258 g/mol. The minimum absolute atomic E-state index is 0.343. The summed E-state index contributed by atoms with van der Waals surface area (Å²) >= 11 is 1.43. The summed E-state index contributed by atoms with van der Waals surface area (Å²) in [5.74, 6) is -0.602. The van der Waals surface area contributed by atoms with Crippen LogP contribution in [0.1, 0.15) is 11.1 Å². The lowest BCUT2D eigenvalue weighted by Crippen LogP contribution is -2.31. The molecule has 0 radical (unpaired) electrons. The van der Waals surface area contributed by atoms with Gasteiger partial charge in [0, 0.05) is 12.6 Å². The molecule has 0 spiro atoms. The molecule has 2 N–H and O–H groups in total. The SMILES string of the molecule is C=CSC(=NC)c1cccc(CC(N)C(=O)C#N)c1. The number of thioether (sulfide) groups is 1. The van der Waals surface area contributed by atoms with Crippen molar-refractivity contribution in [2.24, 2.45) is 10.7 Å². The highest BCUT2D eigenvalue weighted by Crippen LogP contribution is 2.16. The maximum absolute atomic E-state index is 11.2. The molecule has 1 aromatic carbocycles. The van der Waals surface area contributed by atoms with E-state index < -0.39 is 11.8 Å². The third kappa shape index (κ3) is 4.36. The quantitative estimate of drug-likeness (QED) is 0.505. The van der Waals surface area contributed by atoms with Gasteiger partial charge in [-0.25, -0.2) is 0 Å². The third-order valence-corrected chi connectivity index (χ3v) is 3.28. The summed E-state index contributed by atoms with van der Waals surface area (Å²) < 4.78 is 0. The predicted octanol–water partition coefficient (Wildman–Crippen LogP) is 1.90. The number of nitrogens with two attached hydrogens (primary N) is 1. The van der Waals surface area contributed by atoms with Gasteiger partial charge in [0.25, 0.3) is 0 Å². The second kappa shape index (κ2) is 7.52. The first-order valence-corrected chi connectivity index (χ1v) is 6.53. The molecule has 0 fully saturated rings. The van der Waals surface area contributed by atoms with Crippen molar-refractivity contribution in [3.8, 4) is 6.07 Å². The molecule has 0 heterocycles. The highest BCUT2D eigenvalue weighted by atomic mass is 32.2. The Morgan fingerprint density at radius 1 is 1.68 bits per heavy atom. The molecule has 0 saturated carbocycles. The van der Waals surface area contributed by atoms with E-state index in [1.807, 2.05) is 24.3 Å². The van der Waals surface area contributed by atoms with Gasteiger partial charge in [0.15, 0.2) is 0 Å². The molecule has 0 amide bonds. The Bertz CT molecular complexity index is 546. The van der Waals surface area contributed by atoms with E-state index in [0.29, 0.717) is 6.42 Å². The van der Waals surface area contributed by atoms with Crippen LogP contribution >= 0.6 is 11.8 Å². The van der Waals surface area contributed by atoms with Gasteiger partial charge in [-0.1, -0.05) is 36.5 Å². The molecule has 98 valence electrons. The fraction of sp³-hybridized carbons (Fsp3) is 0.214. The molecule has 0 aromatic heterocycles. The van der Waals surface area contributed by atoms with E-state index in [-0.39, 0.29) is 0 Å². The predicted molar refractivity (Wildman–Crippen MR) is 79.0 cm³/mol. The van der Waals surface area contributed by atoms with Gasteiger partial charge in [0.1, 0.15) is 11.1 Å². The van der Waals surface area contributed by atoms with Crippen LogP contribution in [0.25, 0.3) is 0 Å². The van der Waals surface area contributed by atoms with Crippen molar-refractivity contribution in [3.05, 3.63) is 47.4 Å². The number of aliphatic imine (C=N–C) groups is 1. The zero-order chi connectivity index (χ0) is 14.3. The second-order valence-electron chi connectivity index (χ2n) is 3.80. The lowest BCUT2D eigenvalue weighted by molar-refractivity contribution is -0.115. The zero-order valence-electron chi connectivity index (χ0n) is 10.7. The normalized spacial score (nSPS) is 12.6. The van der Waals surface area contributed by atoms with Crippen LogP contribution in [0, 0.1) is 11.3 Å². The Morgan fingerprint density at radius 3 is 3.00 bits per heavy atom. The van der Waals surface area contributed by atoms with Crippen molar-refractivity contribution < 1.29 is 4.79 Å². The summed E-state index contributed by atoms with van der Waals surface area (Å²) in [5, 5.41) is 11.1. The Hall–Kier alpha value is -1.90. The average molecular weight is 273 g/mol. The number of nitriles is 1. The molecule has 4 nitrogen and oxygen atoms in total. The van der Waals surface area contributed by atoms with Crippen molar-refractivity contribution in [3.63, 3.8) is 0 Å². The fourth-order valence-electron chi connectivity index (χ4n) is 1.59. The number of Topliss-reactive ketones (excluding diaryl/α,β-unsaturated/α-hetero) is 1. The maximum atomic E-state index is 11.2. The van der Waals surface area contributed by atoms with Gasteiger partial charge in [-0.2, -0.15) is 5.26 Å². The number of carbonyl (C=O) groups is 1. The van der Waals surface area contributed by atoms with E-state index in [4.69, 9.17) is 11.0 Å². The lowest BCUT2D eigenvalue weighted by Gasteiger charge is -2.08. The van der Waals surface area contributed by atoms with Crippen LogP contribution in [0.2, 0.25) is 0 Å². The van der Waals surface area contributed by atoms with E-state index in [0.717, 1.165) is 16.2 Å². The molecule has 1 atom stereocenters. The lowest BCUT2D eigenvalue weighted by atomic mass is 10.0. The first-order valence-electron chi connectivity index (χ1n) is 5.65. The summed E-state index contributed by atoms with van der Waals surface area (Å²) in [7, 11) is 1.71. The molecule has 0 saturated heterocycles. The van der Waals surface area contributed by atoms with Crippen molar-refractivity contribution in [1.29, 1.82) is 5.26 Å². The zero-order valence-corrected chi connectivity index (χ0v) is 11.5. The van der Waals surface area contributed by atoms with Crippen LogP contribution in [0.15, 0.2) is 41.2 Å². The topological polar surface area (TPSA) is 79.2 Å². The van der Waals surface area contributed by atoms with Crippen LogP contribution in [0.4, 0.5) is 0 Å². The number of carbonyl (C=O) groups excluding carboxylic acids is 1. The number of benzene rings is 1. The molecule has 0 aliphatic carbocycles. The first kappa shape index (κ1) is 15.2. The van der Waals surface area contributed by atoms with E-state index >= 15 is 0 Å². The van der Waals surface area contributed by atoms with Crippen LogP contribution in [-0.2, 0) is 11.2 Å². The Kier molecular flexibility index (Phi) is 6.00. The molecule has 0 aliphatic heterocycles. The number of hydrogen-bond donors (Lipinski definition) is 1. The highest BCUT2D eigenvalue weighted by Gasteiger charge is 2.13. The van der Waals surface area contributed by atoms with Gasteiger partial charge in [-0.15, -0.1) is 0 Å². The summed E-state index contributed by atoms with van der Waals surface area (Å²) in [6.07, 6.45) is 0.343. The van der Waals surface area contributed by atoms with Crippen molar-refractivity contribution in [2.75, 3.05) is 7.05 Å².